The normalized spacial score (nSPS) is 13.7. The molecule has 2 aromatic carbocycles. The lowest BCUT2D eigenvalue weighted by Gasteiger charge is -2.23. The van der Waals surface area contributed by atoms with E-state index in [4.69, 9.17) is 4.74 Å². The Kier molecular flexibility index (Phi) is 3.74. The fourth-order valence-electron chi connectivity index (χ4n) is 2.77. The van der Waals surface area contributed by atoms with Gasteiger partial charge >= 0.3 is 0 Å². The van der Waals surface area contributed by atoms with Gasteiger partial charge in [-0.15, -0.1) is 0 Å². The zero-order chi connectivity index (χ0) is 14.8. The van der Waals surface area contributed by atoms with Crippen molar-refractivity contribution in [3.8, 4) is 11.5 Å². The third-order valence-corrected chi connectivity index (χ3v) is 3.60. The number of fused-ring (bicyclic) bond motifs is 2. The summed E-state index contributed by atoms with van der Waals surface area (Å²) in [5, 5.41) is 6.94. The molecule has 1 heterocycles. The molecule has 3 heteroatoms. The largest absolute Gasteiger partial charge is 0.453 e. The Bertz CT molecular complexity index is 637. The van der Waals surface area contributed by atoms with E-state index in [0.717, 1.165) is 35.0 Å². The van der Waals surface area contributed by atoms with Crippen molar-refractivity contribution in [1.29, 1.82) is 0 Å². The van der Waals surface area contributed by atoms with E-state index in [1.54, 1.807) is 0 Å². The van der Waals surface area contributed by atoms with Crippen LogP contribution in [-0.4, -0.2) is 6.04 Å². The van der Waals surface area contributed by atoms with E-state index >= 15 is 0 Å². The molecule has 3 rings (SSSR count). The summed E-state index contributed by atoms with van der Waals surface area (Å²) >= 11 is 0. The van der Waals surface area contributed by atoms with Gasteiger partial charge in [0.2, 0.25) is 0 Å². The highest BCUT2D eigenvalue weighted by Crippen LogP contribution is 2.42. The molecule has 1 unspecified atom stereocenters. The summed E-state index contributed by atoms with van der Waals surface area (Å²) in [5.74, 6) is 2.43. The van der Waals surface area contributed by atoms with Gasteiger partial charge in [-0.3, -0.25) is 0 Å². The Hall–Kier alpha value is -2.16. The maximum Gasteiger partial charge on any atom is 0.153 e. The second-order valence-corrected chi connectivity index (χ2v) is 6.11. The molecule has 110 valence electrons. The van der Waals surface area contributed by atoms with Gasteiger partial charge in [-0.05, 0) is 43.5 Å². The lowest BCUT2D eigenvalue weighted by molar-refractivity contribution is 0.481. The van der Waals surface area contributed by atoms with Crippen LogP contribution in [0.15, 0.2) is 42.5 Å². The van der Waals surface area contributed by atoms with Gasteiger partial charge in [-0.1, -0.05) is 26.0 Å². The van der Waals surface area contributed by atoms with Crippen LogP contribution in [0.5, 0.6) is 11.5 Å². The Morgan fingerprint density at radius 2 is 1.76 bits per heavy atom. The van der Waals surface area contributed by atoms with Crippen LogP contribution in [0.3, 0.4) is 0 Å². The van der Waals surface area contributed by atoms with Crippen molar-refractivity contribution < 1.29 is 4.74 Å². The molecule has 0 bridgehead atoms. The smallest absolute Gasteiger partial charge is 0.153 e. The molecule has 1 aliphatic heterocycles. The van der Waals surface area contributed by atoms with Crippen molar-refractivity contribution in [1.82, 2.24) is 0 Å². The first-order chi connectivity index (χ1) is 10.1. The number of hydrogen-bond donors (Lipinski definition) is 2. The van der Waals surface area contributed by atoms with Crippen molar-refractivity contribution >= 4 is 17.1 Å². The van der Waals surface area contributed by atoms with Gasteiger partial charge in [0, 0.05) is 17.8 Å². The maximum absolute atomic E-state index is 5.98. The highest BCUT2D eigenvalue weighted by molar-refractivity contribution is 5.77. The highest BCUT2D eigenvalue weighted by atomic mass is 16.5. The number of hydrogen-bond acceptors (Lipinski definition) is 3. The Morgan fingerprint density at radius 1 is 1.00 bits per heavy atom. The summed E-state index contributed by atoms with van der Waals surface area (Å²) in [5.41, 5.74) is 3.12. The molecule has 1 aliphatic rings. The van der Waals surface area contributed by atoms with Crippen molar-refractivity contribution in [3.63, 3.8) is 0 Å². The summed E-state index contributed by atoms with van der Waals surface area (Å²) in [7, 11) is 0. The Balaban J connectivity index is 1.77. The molecular weight excluding hydrogens is 260 g/mol. The number of benzene rings is 2. The standard InChI is InChI=1S/C18H22N2O/c1-12(2)10-13(3)19-14-8-9-16-18(11-14)21-17-7-5-4-6-15(17)20-16/h4-9,11-13,19-20H,10H2,1-3H3. The van der Waals surface area contributed by atoms with Crippen molar-refractivity contribution in [2.45, 2.75) is 33.2 Å². The minimum atomic E-state index is 0.451. The van der Waals surface area contributed by atoms with Crippen LogP contribution < -0.4 is 15.4 Å². The first-order valence-electron chi connectivity index (χ1n) is 7.56. The second kappa shape index (κ2) is 5.68. The van der Waals surface area contributed by atoms with E-state index in [2.05, 4.69) is 49.6 Å². The van der Waals surface area contributed by atoms with Crippen LogP contribution in [0.2, 0.25) is 0 Å². The average molecular weight is 282 g/mol. The number of rotatable bonds is 4. The third-order valence-electron chi connectivity index (χ3n) is 3.60. The maximum atomic E-state index is 5.98. The van der Waals surface area contributed by atoms with Gasteiger partial charge in [-0.2, -0.15) is 0 Å². The molecule has 0 radical (unpaired) electrons. The average Bonchev–Trinajstić information content (AvgIpc) is 2.44. The van der Waals surface area contributed by atoms with Crippen molar-refractivity contribution in [2.75, 3.05) is 10.6 Å². The van der Waals surface area contributed by atoms with Gasteiger partial charge in [0.1, 0.15) is 0 Å². The predicted molar refractivity (Wildman–Crippen MR) is 88.8 cm³/mol. The van der Waals surface area contributed by atoms with E-state index in [1.807, 2.05) is 24.3 Å². The van der Waals surface area contributed by atoms with E-state index in [-0.39, 0.29) is 0 Å². The number of anilines is 3. The molecule has 0 aliphatic carbocycles. The third kappa shape index (κ3) is 3.13. The molecule has 0 spiro atoms. The molecule has 0 amide bonds. The van der Waals surface area contributed by atoms with E-state index in [1.165, 1.54) is 0 Å². The Labute approximate surface area is 126 Å². The van der Waals surface area contributed by atoms with Gasteiger partial charge in [0.15, 0.2) is 11.5 Å². The fraction of sp³-hybridized carbons (Fsp3) is 0.333. The summed E-state index contributed by atoms with van der Waals surface area (Å²) in [6.07, 6.45) is 1.15. The summed E-state index contributed by atoms with van der Waals surface area (Å²) in [6.45, 7) is 6.71. The summed E-state index contributed by atoms with van der Waals surface area (Å²) in [6, 6.07) is 14.7. The molecule has 0 saturated heterocycles. The topological polar surface area (TPSA) is 33.3 Å². The molecule has 0 fully saturated rings. The van der Waals surface area contributed by atoms with Crippen LogP contribution in [0.25, 0.3) is 0 Å². The van der Waals surface area contributed by atoms with E-state index in [9.17, 15) is 0 Å². The zero-order valence-electron chi connectivity index (χ0n) is 12.8. The van der Waals surface area contributed by atoms with Crippen LogP contribution in [0.4, 0.5) is 17.1 Å². The summed E-state index contributed by atoms with van der Waals surface area (Å²) < 4.78 is 5.98. The Morgan fingerprint density at radius 3 is 2.57 bits per heavy atom. The molecule has 1 atom stereocenters. The number of nitrogens with one attached hydrogen (secondary N) is 2. The lowest BCUT2D eigenvalue weighted by atomic mass is 10.0. The summed E-state index contributed by atoms with van der Waals surface area (Å²) in [4.78, 5) is 0. The number of ether oxygens (including phenoxy) is 1. The number of para-hydroxylation sites is 2. The monoisotopic (exact) mass is 282 g/mol. The van der Waals surface area contributed by atoms with E-state index in [0.29, 0.717) is 12.0 Å². The molecule has 0 aromatic heterocycles. The van der Waals surface area contributed by atoms with Crippen LogP contribution in [-0.2, 0) is 0 Å². The van der Waals surface area contributed by atoms with Crippen LogP contribution in [0.1, 0.15) is 27.2 Å². The zero-order valence-corrected chi connectivity index (χ0v) is 12.8. The van der Waals surface area contributed by atoms with Gasteiger partial charge in [0.05, 0.1) is 11.4 Å². The molecular formula is C18H22N2O. The van der Waals surface area contributed by atoms with Crippen LogP contribution in [0, 0.1) is 5.92 Å². The van der Waals surface area contributed by atoms with Gasteiger partial charge in [0.25, 0.3) is 0 Å². The molecule has 2 N–H and O–H groups in total. The first kappa shape index (κ1) is 13.8. The van der Waals surface area contributed by atoms with Crippen molar-refractivity contribution in [3.05, 3.63) is 42.5 Å². The van der Waals surface area contributed by atoms with Gasteiger partial charge < -0.3 is 15.4 Å². The highest BCUT2D eigenvalue weighted by Gasteiger charge is 2.16. The minimum absolute atomic E-state index is 0.451. The van der Waals surface area contributed by atoms with E-state index < -0.39 is 0 Å². The minimum Gasteiger partial charge on any atom is -0.453 e. The lowest BCUT2D eigenvalue weighted by Crippen LogP contribution is -2.17. The second-order valence-electron chi connectivity index (χ2n) is 6.11. The van der Waals surface area contributed by atoms with Crippen molar-refractivity contribution in [2.24, 2.45) is 5.92 Å². The molecule has 21 heavy (non-hydrogen) atoms. The van der Waals surface area contributed by atoms with Gasteiger partial charge in [-0.25, -0.2) is 0 Å². The quantitative estimate of drug-likeness (QED) is 0.673. The molecule has 2 aromatic rings. The SMILES string of the molecule is CC(C)CC(C)Nc1ccc2c(c1)Oc1ccccc1N2. The predicted octanol–water partition coefficient (Wildman–Crippen LogP) is 5.38. The fourth-order valence-corrected chi connectivity index (χ4v) is 2.77. The molecule has 0 saturated carbocycles. The van der Waals surface area contributed by atoms with Crippen LogP contribution >= 0.6 is 0 Å². The molecule has 3 nitrogen and oxygen atoms in total. The first-order valence-corrected chi connectivity index (χ1v) is 7.56.